The lowest BCUT2D eigenvalue weighted by molar-refractivity contribution is -0.354. The van der Waals surface area contributed by atoms with E-state index >= 15 is 0 Å². The Kier molecular flexibility index (Phi) is 14.2. The molecule has 2 aromatic rings. The minimum absolute atomic E-state index is 0.0621. The average molecular weight is 903 g/mol. The molecule has 4 aliphatic heterocycles. The van der Waals surface area contributed by atoms with Gasteiger partial charge in [-0.3, -0.25) is 4.99 Å². The minimum Gasteiger partial charge on any atom is -0.504 e. The molecule has 6 rings (SSSR count). The number of hydrogen-bond donors (Lipinski definition) is 11. The first kappa shape index (κ1) is 46.9. The molecule has 12 atom stereocenters. The van der Waals surface area contributed by atoms with Crippen molar-refractivity contribution >= 4 is 47.3 Å². The Morgan fingerprint density at radius 2 is 1.53 bits per heavy atom. The molecule has 2 saturated heterocycles. The van der Waals surface area contributed by atoms with Gasteiger partial charge < -0.3 is 89.5 Å². The Morgan fingerprint density at radius 1 is 0.812 bits per heavy atom. The zero-order valence-electron chi connectivity index (χ0n) is 33.1. The summed E-state index contributed by atoms with van der Waals surface area (Å²) in [6.07, 6.45) is -15.2. The number of dihydropyridines is 1. The van der Waals surface area contributed by atoms with E-state index < -0.39 is 127 Å². The molecule has 0 saturated carbocycles. The number of esters is 1. The van der Waals surface area contributed by atoms with E-state index in [2.05, 4.69) is 4.99 Å². The molecular formula is C40H42N2O22. The maximum Gasteiger partial charge on any atom is 0.354 e. The zero-order valence-corrected chi connectivity index (χ0v) is 33.1. The normalized spacial score (nSPS) is 30.3. The highest BCUT2D eigenvalue weighted by Gasteiger charge is 2.54. The van der Waals surface area contributed by atoms with E-state index in [1.807, 2.05) is 0 Å². The van der Waals surface area contributed by atoms with Crippen LogP contribution in [0.4, 0.5) is 5.69 Å². The Bertz CT molecular complexity index is 2280. The number of allylic oxidation sites excluding steroid dienone is 1. The van der Waals surface area contributed by atoms with Crippen molar-refractivity contribution in [1.29, 1.82) is 0 Å². The van der Waals surface area contributed by atoms with E-state index in [9.17, 15) is 80.1 Å². The molecule has 0 aliphatic carbocycles. The van der Waals surface area contributed by atoms with Crippen LogP contribution in [-0.4, -0.2) is 179 Å². The fraction of sp³-hybridized carbons (Fsp3) is 0.400. The summed E-state index contributed by atoms with van der Waals surface area (Å²) in [6.45, 7) is -0.919. The van der Waals surface area contributed by atoms with E-state index in [0.29, 0.717) is 5.56 Å². The quantitative estimate of drug-likeness (QED) is 0.0687. The molecule has 0 amide bonds. The van der Waals surface area contributed by atoms with Crippen LogP contribution in [0.3, 0.4) is 0 Å². The van der Waals surface area contributed by atoms with E-state index in [1.165, 1.54) is 54.6 Å². The maximum atomic E-state index is 13.0. The molecule has 2 fully saturated rings. The number of fused-ring (bicyclic) bond motifs is 1. The average Bonchev–Trinajstić information content (AvgIpc) is 3.61. The molecule has 24 heteroatoms. The number of phenols is 2. The van der Waals surface area contributed by atoms with Crippen LogP contribution in [0.5, 0.6) is 23.0 Å². The second-order valence-corrected chi connectivity index (χ2v) is 14.7. The highest BCUT2D eigenvalue weighted by atomic mass is 16.8. The monoisotopic (exact) mass is 902 g/mol. The third-order valence-corrected chi connectivity index (χ3v) is 10.5. The summed E-state index contributed by atoms with van der Waals surface area (Å²) in [4.78, 5) is 65.6. The predicted molar refractivity (Wildman–Crippen MR) is 209 cm³/mol. The molecule has 0 aromatic heterocycles. The lowest BCUT2D eigenvalue weighted by Gasteiger charge is -2.46. The number of benzene rings is 2. The van der Waals surface area contributed by atoms with Crippen molar-refractivity contribution < 1.29 is 109 Å². The van der Waals surface area contributed by atoms with Crippen LogP contribution in [0, 0.1) is 0 Å². The smallest absolute Gasteiger partial charge is 0.354 e. The highest BCUT2D eigenvalue weighted by molar-refractivity contribution is 6.41. The van der Waals surface area contributed by atoms with Gasteiger partial charge in [0, 0.05) is 36.9 Å². The molecule has 0 spiro atoms. The first-order chi connectivity index (χ1) is 30.3. The van der Waals surface area contributed by atoms with Gasteiger partial charge in [-0.25, -0.2) is 24.0 Å². The van der Waals surface area contributed by atoms with Crippen molar-refractivity contribution in [1.82, 2.24) is 0 Å². The molecule has 64 heavy (non-hydrogen) atoms. The first-order valence-electron chi connectivity index (χ1n) is 19.1. The number of ether oxygens (including phenoxy) is 6. The molecule has 0 bridgehead atoms. The second-order valence-electron chi connectivity index (χ2n) is 14.7. The van der Waals surface area contributed by atoms with E-state index in [1.54, 1.807) is 0 Å². The number of aliphatic hydroxyl groups excluding tert-OH is 5. The van der Waals surface area contributed by atoms with Gasteiger partial charge >= 0.3 is 29.8 Å². The number of phenolic OH excluding ortho intramolecular Hbond substituents is 2. The van der Waals surface area contributed by atoms with Gasteiger partial charge in [-0.05, 0) is 53.1 Å². The number of methoxy groups -OCH3 is 1. The van der Waals surface area contributed by atoms with Gasteiger partial charge in [0.1, 0.15) is 42.3 Å². The lowest BCUT2D eigenvalue weighted by Crippen LogP contribution is -2.66. The topological polar surface area (TPSA) is 379 Å². The van der Waals surface area contributed by atoms with Crippen LogP contribution in [0.15, 0.2) is 65.3 Å². The Labute approximate surface area is 359 Å². The van der Waals surface area contributed by atoms with Crippen LogP contribution >= 0.6 is 0 Å². The number of anilines is 1. The molecule has 24 nitrogen and oxygen atoms in total. The van der Waals surface area contributed by atoms with Gasteiger partial charge in [0.2, 0.25) is 6.29 Å². The summed E-state index contributed by atoms with van der Waals surface area (Å²) >= 11 is 0. The van der Waals surface area contributed by atoms with Crippen LogP contribution in [0.1, 0.15) is 17.5 Å². The molecule has 4 aliphatic rings. The molecule has 11 N–H and O–H groups in total. The molecule has 2 aromatic carbocycles. The minimum atomic E-state index is -2.22. The Hall–Kier alpha value is -6.64. The number of aliphatic hydroxyl groups is 5. The maximum absolute atomic E-state index is 13.0. The van der Waals surface area contributed by atoms with Crippen molar-refractivity contribution in [2.24, 2.45) is 4.99 Å². The van der Waals surface area contributed by atoms with Crippen LogP contribution in [-0.2, 0) is 49.3 Å². The molecule has 0 unspecified atom stereocenters. The number of aliphatic imine (C=N–C) groups is 1. The van der Waals surface area contributed by atoms with Gasteiger partial charge in [-0.1, -0.05) is 6.07 Å². The Morgan fingerprint density at radius 3 is 2.17 bits per heavy atom. The third kappa shape index (κ3) is 9.93. The first-order valence-corrected chi connectivity index (χ1v) is 19.1. The lowest BCUT2D eigenvalue weighted by atomic mass is 9.97. The number of carboxylic acids is 4. The van der Waals surface area contributed by atoms with E-state index in [4.69, 9.17) is 28.4 Å². The summed E-state index contributed by atoms with van der Waals surface area (Å²) in [5.74, 6) is -8.48. The fourth-order valence-corrected chi connectivity index (χ4v) is 7.21. The fourth-order valence-electron chi connectivity index (χ4n) is 7.21. The van der Waals surface area contributed by atoms with Crippen LogP contribution in [0.2, 0.25) is 0 Å². The predicted octanol–water partition coefficient (Wildman–Crippen LogP) is -1.90. The van der Waals surface area contributed by atoms with Crippen molar-refractivity contribution in [2.75, 3.05) is 18.6 Å². The van der Waals surface area contributed by atoms with Gasteiger partial charge in [-0.15, -0.1) is 0 Å². The largest absolute Gasteiger partial charge is 0.504 e. The number of aliphatic carboxylic acids is 4. The van der Waals surface area contributed by atoms with E-state index in [0.717, 1.165) is 18.2 Å². The summed E-state index contributed by atoms with van der Waals surface area (Å²) in [7, 11) is 1.29. The van der Waals surface area contributed by atoms with Crippen molar-refractivity contribution in [3.8, 4) is 23.0 Å². The molecule has 4 heterocycles. The molecular weight excluding hydrogens is 860 g/mol. The molecule has 344 valence electrons. The highest BCUT2D eigenvalue weighted by Crippen LogP contribution is 2.42. The molecule has 0 radical (unpaired) electrons. The van der Waals surface area contributed by atoms with Gasteiger partial charge in [-0.2, -0.15) is 0 Å². The SMILES string of the molecule is COc1cc(/C=C/C(=O)O[C@H]2[C@H](O[C@H]3[C@H](Oc4cc5c(cc4O)N(/C=C/C4=CC(C(=O)O)=N[C@H](C(=O)O)C4)[C@H](C(=O)O)C5)O[C@H](CO)[C@@H](O)[C@@H]3O)O[C@H](C(=O)O)[C@@H](O)[C@@H]2O)ccc1O. The van der Waals surface area contributed by atoms with E-state index in [-0.39, 0.29) is 41.2 Å². The van der Waals surface area contributed by atoms with Gasteiger partial charge in [0.15, 0.2) is 53.6 Å². The number of carbonyl (C=O) groups excluding carboxylic acids is 1. The van der Waals surface area contributed by atoms with Crippen LogP contribution < -0.4 is 14.4 Å². The number of hydrogen-bond acceptors (Lipinski definition) is 20. The number of nitrogens with zero attached hydrogens (tertiary/aromatic N) is 2. The number of aromatic hydroxyl groups is 2. The van der Waals surface area contributed by atoms with Gasteiger partial charge in [0.05, 0.1) is 13.7 Å². The third-order valence-electron chi connectivity index (χ3n) is 10.5. The summed E-state index contributed by atoms with van der Waals surface area (Å²) in [5, 5.41) is 113. The van der Waals surface area contributed by atoms with Gasteiger partial charge in [0.25, 0.3) is 0 Å². The zero-order chi connectivity index (χ0) is 46.7. The number of rotatable bonds is 15. The van der Waals surface area contributed by atoms with Crippen molar-refractivity contribution in [2.45, 2.75) is 86.3 Å². The van der Waals surface area contributed by atoms with Crippen molar-refractivity contribution in [3.05, 3.63) is 71.5 Å². The number of carboxylic acid groups (broad SMARTS) is 4. The summed E-state index contributed by atoms with van der Waals surface area (Å²) in [6, 6.07) is 3.57. The Balaban J connectivity index is 1.28. The summed E-state index contributed by atoms with van der Waals surface area (Å²) in [5.41, 5.74) is 0.319. The van der Waals surface area contributed by atoms with Crippen LogP contribution in [0.25, 0.3) is 6.08 Å². The number of carbonyl (C=O) groups is 5. The summed E-state index contributed by atoms with van der Waals surface area (Å²) < 4.78 is 33.2. The second kappa shape index (κ2) is 19.4. The standard InChI is InChI=1S/C40H42N2O22/c1-59-24-10-15(2-4-22(24)44)3-5-27(46)62-33-31(50)30(49)32(38(57)58)63-40(33)64-34-29(48)28(47)26(14-43)61-39(34)60-25-12-17-11-21(37(55)56)42(20(17)13-23(25)45)7-6-16-8-18(35(51)52)41-19(9-16)36(53)54/h2-8,10,12-13,19,21,26,28-34,39-40,43-45,47-50H,9,11,14H2,1H3,(H,51,52)(H,53,54)(H,55,56)(H,57,58)/b5-3+,7-6+/t19-,21-,26+,28+,29-,30-,31-,32-,33+,34+,39+,40-/m0/s1. The van der Waals surface area contributed by atoms with Crippen molar-refractivity contribution in [3.63, 3.8) is 0 Å².